The minimum Gasteiger partial charge on any atom is -0.509 e. The minimum absolute atomic E-state index is 0.197. The van der Waals surface area contributed by atoms with Crippen molar-refractivity contribution >= 4 is 36.3 Å². The van der Waals surface area contributed by atoms with Gasteiger partial charge in [0.05, 0.1) is 6.42 Å². The third-order valence-corrected chi connectivity index (χ3v) is 9.11. The van der Waals surface area contributed by atoms with Gasteiger partial charge in [0.2, 0.25) is 0 Å². The number of benzene rings is 2. The number of hydrogen-bond donors (Lipinski definition) is 0. The molecule has 0 amide bonds. The highest BCUT2D eigenvalue weighted by Crippen LogP contribution is 2.36. The second kappa shape index (κ2) is 7.32. The molecule has 0 aromatic heterocycles. The summed E-state index contributed by atoms with van der Waals surface area (Å²) in [7, 11) is -2.76. The van der Waals surface area contributed by atoms with Crippen LogP contribution in [-0.2, 0) is 9.22 Å². The van der Waals surface area contributed by atoms with E-state index in [0.717, 1.165) is 10.4 Å². The molecule has 2 aromatic carbocycles. The summed E-state index contributed by atoms with van der Waals surface area (Å²) in [5.41, 5.74) is 0. The van der Waals surface area contributed by atoms with Crippen molar-refractivity contribution in [1.29, 1.82) is 0 Å². The van der Waals surface area contributed by atoms with Gasteiger partial charge in [-0.1, -0.05) is 81.4 Å². The number of carbonyl (C=O) groups is 1. The van der Waals surface area contributed by atoms with Crippen molar-refractivity contribution in [2.45, 2.75) is 32.2 Å². The lowest BCUT2D eigenvalue weighted by Crippen LogP contribution is -2.67. The SMILES string of the molecule is CC(C)(C)[Si](OC(=O)CCCl)(c1ccccc1)c1ccccc1. The number of carbonyl (C=O) groups excluding carboxylic acids is 1. The van der Waals surface area contributed by atoms with Gasteiger partial charge >= 0.3 is 8.32 Å². The van der Waals surface area contributed by atoms with Crippen molar-refractivity contribution in [2.75, 3.05) is 5.88 Å². The van der Waals surface area contributed by atoms with E-state index in [2.05, 4.69) is 45.0 Å². The van der Waals surface area contributed by atoms with Crippen molar-refractivity contribution in [2.24, 2.45) is 0 Å². The number of halogens is 1. The van der Waals surface area contributed by atoms with Crippen LogP contribution in [0.1, 0.15) is 27.2 Å². The summed E-state index contributed by atoms with van der Waals surface area (Å²) in [6, 6.07) is 20.2. The molecule has 4 heteroatoms. The summed E-state index contributed by atoms with van der Waals surface area (Å²) in [5, 5.41) is 2.00. The summed E-state index contributed by atoms with van der Waals surface area (Å²) in [5.74, 6) is 0.0473. The quantitative estimate of drug-likeness (QED) is 0.609. The maximum Gasteiger partial charge on any atom is 0.323 e. The highest BCUT2D eigenvalue weighted by molar-refractivity contribution is 7.00. The van der Waals surface area contributed by atoms with Crippen LogP contribution in [0.25, 0.3) is 0 Å². The molecule has 0 aliphatic rings. The second-order valence-corrected chi connectivity index (χ2v) is 11.2. The molecule has 0 aliphatic carbocycles. The topological polar surface area (TPSA) is 26.3 Å². The van der Waals surface area contributed by atoms with Crippen LogP contribution in [-0.4, -0.2) is 20.2 Å². The molecule has 0 aliphatic heterocycles. The largest absolute Gasteiger partial charge is 0.509 e. The summed E-state index contributed by atoms with van der Waals surface area (Å²) in [4.78, 5) is 12.4. The van der Waals surface area contributed by atoms with E-state index < -0.39 is 8.32 Å². The van der Waals surface area contributed by atoms with Gasteiger partial charge in [0, 0.05) is 5.88 Å². The molecule has 2 aromatic rings. The molecule has 0 bridgehead atoms. The normalized spacial score (nSPS) is 12.0. The lowest BCUT2D eigenvalue weighted by molar-refractivity contribution is -0.134. The molecule has 122 valence electrons. The molecule has 0 unspecified atom stereocenters. The average Bonchev–Trinajstić information content (AvgIpc) is 2.53. The van der Waals surface area contributed by atoms with Crippen LogP contribution in [0.4, 0.5) is 0 Å². The highest BCUT2D eigenvalue weighted by atomic mass is 35.5. The monoisotopic (exact) mass is 346 g/mol. The maximum atomic E-state index is 12.4. The molecule has 2 nitrogen and oxygen atoms in total. The predicted octanol–water partition coefficient (Wildman–Crippen LogP) is 3.72. The van der Waals surface area contributed by atoms with Crippen LogP contribution in [0.3, 0.4) is 0 Å². The molecule has 0 fully saturated rings. The van der Waals surface area contributed by atoms with Gasteiger partial charge in [0.1, 0.15) is 0 Å². The molecule has 0 N–H and O–H groups in total. The lowest BCUT2D eigenvalue weighted by Gasteiger charge is -2.42. The first-order valence-corrected chi connectivity index (χ1v) is 10.2. The zero-order valence-electron chi connectivity index (χ0n) is 13.9. The second-order valence-electron chi connectivity index (χ2n) is 6.58. The fourth-order valence-electron chi connectivity index (χ4n) is 2.95. The summed E-state index contributed by atoms with van der Waals surface area (Å²) in [6.07, 6.45) is 0.228. The maximum absolute atomic E-state index is 12.4. The zero-order valence-corrected chi connectivity index (χ0v) is 15.6. The number of rotatable bonds is 5. The molecular formula is C19H23ClO2Si. The molecule has 0 saturated heterocycles. The number of hydrogen-bond acceptors (Lipinski definition) is 2. The number of alkyl halides is 1. The minimum atomic E-state index is -2.76. The van der Waals surface area contributed by atoms with Gasteiger partial charge in [-0.2, -0.15) is 0 Å². The molecule has 0 atom stereocenters. The Balaban J connectivity index is 2.67. The van der Waals surface area contributed by atoms with Crippen LogP contribution >= 0.6 is 11.6 Å². The summed E-state index contributed by atoms with van der Waals surface area (Å²) < 4.78 is 6.23. The fraction of sp³-hybridized carbons (Fsp3) is 0.316. The molecule has 0 spiro atoms. The molecule has 23 heavy (non-hydrogen) atoms. The first-order valence-electron chi connectivity index (χ1n) is 7.80. The van der Waals surface area contributed by atoms with Gasteiger partial charge < -0.3 is 4.43 Å². The summed E-state index contributed by atoms with van der Waals surface area (Å²) in [6.45, 7) is 6.44. The first-order chi connectivity index (χ1) is 10.9. The van der Waals surface area contributed by atoms with Crippen LogP contribution in [0.15, 0.2) is 60.7 Å². The van der Waals surface area contributed by atoms with E-state index in [-0.39, 0.29) is 23.3 Å². The van der Waals surface area contributed by atoms with Gasteiger partial charge in [-0.05, 0) is 15.4 Å². The van der Waals surface area contributed by atoms with Gasteiger partial charge in [-0.15, -0.1) is 11.6 Å². The van der Waals surface area contributed by atoms with E-state index in [1.165, 1.54) is 0 Å². The molecule has 0 heterocycles. The predicted molar refractivity (Wildman–Crippen MR) is 99.1 cm³/mol. The van der Waals surface area contributed by atoms with Crippen molar-refractivity contribution < 1.29 is 9.22 Å². The van der Waals surface area contributed by atoms with E-state index in [0.29, 0.717) is 0 Å². The van der Waals surface area contributed by atoms with Crippen molar-refractivity contribution in [3.05, 3.63) is 60.7 Å². The van der Waals surface area contributed by atoms with E-state index in [1.54, 1.807) is 0 Å². The Morgan fingerprint density at radius 3 is 1.74 bits per heavy atom. The van der Waals surface area contributed by atoms with E-state index >= 15 is 0 Å². The van der Waals surface area contributed by atoms with Crippen molar-refractivity contribution in [3.63, 3.8) is 0 Å². The molecular weight excluding hydrogens is 324 g/mol. The zero-order chi connectivity index (χ0) is 16.9. The standard InChI is InChI=1S/C19H23ClO2Si/c1-19(2,3)23(22-18(21)14-15-20,16-10-6-4-7-11-16)17-12-8-5-9-13-17/h4-13H,14-15H2,1-3H3. The Hall–Kier alpha value is -1.58. The highest BCUT2D eigenvalue weighted by Gasteiger charge is 2.52. The van der Waals surface area contributed by atoms with Crippen LogP contribution in [0, 0.1) is 0 Å². The van der Waals surface area contributed by atoms with Gasteiger partial charge in [0.15, 0.2) is 0 Å². The third kappa shape index (κ3) is 3.67. The van der Waals surface area contributed by atoms with E-state index in [9.17, 15) is 4.79 Å². The Morgan fingerprint density at radius 1 is 0.957 bits per heavy atom. The molecule has 0 radical (unpaired) electrons. The van der Waals surface area contributed by atoms with Gasteiger partial charge in [0.25, 0.3) is 5.97 Å². The molecule has 0 saturated carbocycles. The smallest absolute Gasteiger partial charge is 0.323 e. The fourth-order valence-corrected chi connectivity index (χ4v) is 7.48. The van der Waals surface area contributed by atoms with Crippen molar-refractivity contribution in [1.82, 2.24) is 0 Å². The van der Waals surface area contributed by atoms with Gasteiger partial charge in [-0.3, -0.25) is 4.79 Å². The third-order valence-electron chi connectivity index (χ3n) is 3.98. The Labute approximate surface area is 144 Å². The lowest BCUT2D eigenvalue weighted by atomic mass is 10.2. The van der Waals surface area contributed by atoms with Crippen LogP contribution in [0.5, 0.6) is 0 Å². The van der Waals surface area contributed by atoms with Gasteiger partial charge in [-0.25, -0.2) is 0 Å². The van der Waals surface area contributed by atoms with Crippen LogP contribution < -0.4 is 10.4 Å². The average molecular weight is 347 g/mol. The summed E-state index contributed by atoms with van der Waals surface area (Å²) >= 11 is 5.75. The van der Waals surface area contributed by atoms with E-state index in [4.69, 9.17) is 16.0 Å². The van der Waals surface area contributed by atoms with Crippen molar-refractivity contribution in [3.8, 4) is 0 Å². The van der Waals surface area contributed by atoms with E-state index in [1.807, 2.05) is 36.4 Å². The van der Waals surface area contributed by atoms with Crippen LogP contribution in [0.2, 0.25) is 5.04 Å². The Bertz CT molecular complexity index is 596. The Kier molecular flexibility index (Phi) is 5.66. The first kappa shape index (κ1) is 17.8. The molecule has 2 rings (SSSR count). The Morgan fingerprint density at radius 2 is 1.39 bits per heavy atom.